The number of halogens is 1. The third-order valence-corrected chi connectivity index (χ3v) is 6.46. The van der Waals surface area contributed by atoms with Crippen LogP contribution in [0.3, 0.4) is 0 Å². The van der Waals surface area contributed by atoms with E-state index in [1.807, 2.05) is 30.3 Å². The summed E-state index contributed by atoms with van der Waals surface area (Å²) in [5.41, 5.74) is 6.71. The lowest BCUT2D eigenvalue weighted by Crippen LogP contribution is -2.49. The van der Waals surface area contributed by atoms with Crippen molar-refractivity contribution in [2.75, 3.05) is 7.05 Å². The zero-order valence-electron chi connectivity index (χ0n) is 17.6. The lowest BCUT2D eigenvalue weighted by molar-refractivity contribution is -0.128. The molecule has 0 spiro atoms. The first-order valence-corrected chi connectivity index (χ1v) is 10.8. The molecule has 0 saturated heterocycles. The minimum absolute atomic E-state index is 0.190. The molecule has 30 heavy (non-hydrogen) atoms. The smallest absolute Gasteiger partial charge is 0.157 e. The summed E-state index contributed by atoms with van der Waals surface area (Å²) in [6.07, 6.45) is 6.86. The van der Waals surface area contributed by atoms with Crippen LogP contribution < -0.4 is 11.1 Å². The van der Waals surface area contributed by atoms with Crippen LogP contribution in [0.15, 0.2) is 54.6 Å². The van der Waals surface area contributed by atoms with Crippen molar-refractivity contribution >= 4 is 11.6 Å². The normalized spacial score (nSPS) is 26.6. The Morgan fingerprint density at radius 3 is 1.97 bits per heavy atom. The summed E-state index contributed by atoms with van der Waals surface area (Å²) < 4.78 is 12.9. The van der Waals surface area contributed by atoms with Crippen molar-refractivity contribution in [2.24, 2.45) is 5.73 Å². The van der Waals surface area contributed by atoms with Crippen molar-refractivity contribution < 1.29 is 14.0 Å². The Bertz CT molecular complexity index is 868. The molecular formula is C25H31FN2O2. The summed E-state index contributed by atoms with van der Waals surface area (Å²) in [5, 5.41) is 3.13. The zero-order chi connectivity index (χ0) is 21.6. The Balaban J connectivity index is 0.000000172. The van der Waals surface area contributed by atoms with Gasteiger partial charge in [-0.2, -0.15) is 0 Å². The van der Waals surface area contributed by atoms with Gasteiger partial charge in [0.1, 0.15) is 16.9 Å². The molecule has 0 aliphatic heterocycles. The number of rotatable bonds is 3. The summed E-state index contributed by atoms with van der Waals surface area (Å²) in [6, 6.07) is 15.9. The maximum atomic E-state index is 12.9. The van der Waals surface area contributed by atoms with E-state index in [1.54, 1.807) is 19.2 Å². The molecule has 2 aliphatic carbocycles. The number of carbonyl (C=O) groups is 2. The molecule has 0 bridgehead atoms. The van der Waals surface area contributed by atoms with Gasteiger partial charge in [0.2, 0.25) is 0 Å². The summed E-state index contributed by atoms with van der Waals surface area (Å²) in [5.74, 6) is 0.140. The van der Waals surface area contributed by atoms with Crippen molar-refractivity contribution in [1.29, 1.82) is 0 Å². The Hall–Kier alpha value is -2.37. The predicted octanol–water partition coefficient (Wildman–Crippen LogP) is 4.37. The second kappa shape index (κ2) is 9.63. The number of carbonyl (C=O) groups excluding carboxylic acids is 2. The Kier molecular flexibility index (Phi) is 7.16. The number of nitrogens with two attached hydrogens (primary N) is 1. The Morgan fingerprint density at radius 2 is 1.40 bits per heavy atom. The van der Waals surface area contributed by atoms with Crippen LogP contribution in [0, 0.1) is 5.82 Å². The van der Waals surface area contributed by atoms with Crippen molar-refractivity contribution in [1.82, 2.24) is 5.32 Å². The quantitative estimate of drug-likeness (QED) is 0.788. The standard InChI is InChI=1S/C13H16FNO.C12H15NO/c1-15-13(9-3-2-4-12(13)16)10-5-7-11(14)8-6-10;13-12(9-5-4-8-11(12)14)10-6-2-1-3-7-10/h5-8,15H,2-4,9H2,1H3;1-3,6-7H,4-5,8-9,13H2. The van der Waals surface area contributed by atoms with Crippen LogP contribution in [0.1, 0.15) is 62.5 Å². The fourth-order valence-corrected chi connectivity index (χ4v) is 4.57. The molecule has 5 heteroatoms. The molecule has 2 unspecified atom stereocenters. The van der Waals surface area contributed by atoms with E-state index >= 15 is 0 Å². The van der Waals surface area contributed by atoms with Crippen LogP contribution in [0.25, 0.3) is 0 Å². The molecule has 0 heterocycles. The van der Waals surface area contributed by atoms with Gasteiger partial charge in [-0.25, -0.2) is 4.39 Å². The second-order valence-electron chi connectivity index (χ2n) is 8.26. The lowest BCUT2D eigenvalue weighted by atomic mass is 9.75. The van der Waals surface area contributed by atoms with E-state index in [0.29, 0.717) is 12.8 Å². The van der Waals surface area contributed by atoms with Gasteiger partial charge >= 0.3 is 0 Å². The number of ketones is 2. The SMILES string of the molecule is CNC1(c2ccc(F)cc2)CCCCC1=O.NC1(c2ccccc2)CCCCC1=O. The molecular weight excluding hydrogens is 379 g/mol. The fraction of sp³-hybridized carbons (Fsp3) is 0.440. The Morgan fingerprint density at radius 1 is 0.800 bits per heavy atom. The Labute approximate surface area is 178 Å². The van der Waals surface area contributed by atoms with E-state index in [-0.39, 0.29) is 17.4 Å². The van der Waals surface area contributed by atoms with E-state index in [2.05, 4.69) is 5.32 Å². The van der Waals surface area contributed by atoms with Crippen molar-refractivity contribution in [2.45, 2.75) is 62.4 Å². The number of hydrogen-bond donors (Lipinski definition) is 2. The first-order valence-electron chi connectivity index (χ1n) is 10.8. The first-order chi connectivity index (χ1) is 14.4. The number of nitrogens with one attached hydrogen (secondary N) is 1. The van der Waals surface area contributed by atoms with Crippen LogP contribution >= 0.6 is 0 Å². The van der Waals surface area contributed by atoms with Gasteiger partial charge in [-0.05, 0) is 56.0 Å². The first kappa shape index (κ1) is 22.3. The molecule has 2 atom stereocenters. The van der Waals surface area contributed by atoms with E-state index in [1.165, 1.54) is 12.1 Å². The summed E-state index contributed by atoms with van der Waals surface area (Å²) in [7, 11) is 1.80. The maximum Gasteiger partial charge on any atom is 0.157 e. The molecule has 4 rings (SSSR count). The topological polar surface area (TPSA) is 72.2 Å². The highest BCUT2D eigenvalue weighted by molar-refractivity contribution is 5.90. The van der Waals surface area contributed by atoms with Crippen molar-refractivity contribution in [3.05, 3.63) is 71.5 Å². The van der Waals surface area contributed by atoms with Gasteiger partial charge in [0, 0.05) is 12.8 Å². The van der Waals surface area contributed by atoms with E-state index < -0.39 is 11.1 Å². The lowest BCUT2D eigenvalue weighted by Gasteiger charge is -2.36. The van der Waals surface area contributed by atoms with Crippen LogP contribution in [0.4, 0.5) is 4.39 Å². The van der Waals surface area contributed by atoms with Gasteiger partial charge in [0.15, 0.2) is 11.6 Å². The molecule has 2 saturated carbocycles. The molecule has 0 radical (unpaired) electrons. The molecule has 160 valence electrons. The third-order valence-electron chi connectivity index (χ3n) is 6.46. The minimum atomic E-state index is -0.709. The highest BCUT2D eigenvalue weighted by Crippen LogP contribution is 2.34. The second-order valence-corrected chi connectivity index (χ2v) is 8.26. The van der Waals surface area contributed by atoms with Gasteiger partial charge in [0.05, 0.1) is 0 Å². The summed E-state index contributed by atoms with van der Waals surface area (Å²) in [6.45, 7) is 0. The molecule has 0 amide bonds. The minimum Gasteiger partial charge on any atom is -0.315 e. The zero-order valence-corrected chi connectivity index (χ0v) is 17.6. The number of hydrogen-bond acceptors (Lipinski definition) is 4. The van der Waals surface area contributed by atoms with Gasteiger partial charge in [-0.3, -0.25) is 9.59 Å². The third kappa shape index (κ3) is 4.52. The van der Waals surface area contributed by atoms with Crippen LogP contribution in [-0.2, 0) is 20.7 Å². The molecule has 2 aromatic rings. The van der Waals surface area contributed by atoms with Gasteiger partial charge in [0.25, 0.3) is 0 Å². The molecule has 2 fully saturated rings. The molecule has 2 aromatic carbocycles. The van der Waals surface area contributed by atoms with Gasteiger partial charge in [-0.15, -0.1) is 0 Å². The van der Waals surface area contributed by atoms with Crippen LogP contribution in [-0.4, -0.2) is 18.6 Å². The molecule has 4 nitrogen and oxygen atoms in total. The molecule has 0 aromatic heterocycles. The van der Waals surface area contributed by atoms with Crippen LogP contribution in [0.2, 0.25) is 0 Å². The van der Waals surface area contributed by atoms with Crippen molar-refractivity contribution in [3.8, 4) is 0 Å². The monoisotopic (exact) mass is 410 g/mol. The summed E-state index contributed by atoms with van der Waals surface area (Å²) >= 11 is 0. The maximum absolute atomic E-state index is 12.9. The van der Waals surface area contributed by atoms with E-state index in [0.717, 1.165) is 49.7 Å². The fourth-order valence-electron chi connectivity index (χ4n) is 4.57. The highest BCUT2D eigenvalue weighted by atomic mass is 19.1. The molecule has 3 N–H and O–H groups in total. The summed E-state index contributed by atoms with van der Waals surface area (Å²) in [4.78, 5) is 23.9. The average molecular weight is 411 g/mol. The number of Topliss-reactive ketones (excluding diaryl/α,β-unsaturated/α-hetero) is 2. The van der Waals surface area contributed by atoms with Crippen molar-refractivity contribution in [3.63, 3.8) is 0 Å². The predicted molar refractivity (Wildman–Crippen MR) is 116 cm³/mol. The molecule has 2 aliphatic rings. The van der Waals surface area contributed by atoms with Gasteiger partial charge < -0.3 is 11.1 Å². The van der Waals surface area contributed by atoms with E-state index in [4.69, 9.17) is 5.73 Å². The number of likely N-dealkylation sites (N-methyl/N-ethyl adjacent to an activating group) is 1. The van der Waals surface area contributed by atoms with E-state index in [9.17, 15) is 14.0 Å². The largest absolute Gasteiger partial charge is 0.315 e. The highest BCUT2D eigenvalue weighted by Gasteiger charge is 2.40. The van der Waals surface area contributed by atoms with Crippen LogP contribution in [0.5, 0.6) is 0 Å². The average Bonchev–Trinajstić information content (AvgIpc) is 2.78. The van der Waals surface area contributed by atoms with Gasteiger partial charge in [-0.1, -0.05) is 55.3 Å². The number of benzene rings is 2.